The summed E-state index contributed by atoms with van der Waals surface area (Å²) in [7, 11) is 0. The predicted octanol–water partition coefficient (Wildman–Crippen LogP) is 2.89. The number of rotatable bonds is 3. The Labute approximate surface area is 153 Å². The number of fused-ring (bicyclic) bond motifs is 3. The largest absolute Gasteiger partial charge is 0.484 e. The van der Waals surface area contributed by atoms with E-state index in [1.54, 1.807) is 40.5 Å². The van der Waals surface area contributed by atoms with Gasteiger partial charge in [0.2, 0.25) is 0 Å². The zero-order chi connectivity index (χ0) is 17.4. The number of carbonyl (C=O) groups excluding carboxylic acids is 1. The fourth-order valence-electron chi connectivity index (χ4n) is 2.96. The van der Waals surface area contributed by atoms with Gasteiger partial charge < -0.3 is 15.4 Å². The Morgan fingerprint density at radius 1 is 1.40 bits per heavy atom. The molecule has 3 heterocycles. The van der Waals surface area contributed by atoms with E-state index in [4.69, 9.17) is 22.1 Å². The number of hydrogen-bond donors (Lipinski definition) is 1. The molecule has 0 bridgehead atoms. The van der Waals surface area contributed by atoms with Crippen molar-refractivity contribution in [3.05, 3.63) is 46.1 Å². The molecule has 0 radical (unpaired) electrons. The SMILES string of the molecule is Nc1ncnc2sc3c(c12)CCN(C(=O)COc1cccc(Cl)c1)C3. The number of hydrogen-bond acceptors (Lipinski definition) is 6. The summed E-state index contributed by atoms with van der Waals surface area (Å²) >= 11 is 7.49. The van der Waals surface area contributed by atoms with Crippen molar-refractivity contribution in [2.24, 2.45) is 0 Å². The Morgan fingerprint density at radius 3 is 3.12 bits per heavy atom. The maximum absolute atomic E-state index is 12.5. The van der Waals surface area contributed by atoms with Crippen molar-refractivity contribution in [3.63, 3.8) is 0 Å². The Kier molecular flexibility index (Phi) is 4.19. The van der Waals surface area contributed by atoms with Gasteiger partial charge >= 0.3 is 0 Å². The molecule has 6 nitrogen and oxygen atoms in total. The van der Waals surface area contributed by atoms with Gasteiger partial charge in [-0.05, 0) is 30.2 Å². The summed E-state index contributed by atoms with van der Waals surface area (Å²) in [5.74, 6) is 1.04. The van der Waals surface area contributed by atoms with Gasteiger partial charge in [-0.1, -0.05) is 17.7 Å². The van der Waals surface area contributed by atoms with Crippen LogP contribution in [0, 0.1) is 0 Å². The highest BCUT2D eigenvalue weighted by atomic mass is 35.5. The van der Waals surface area contributed by atoms with Crippen molar-refractivity contribution in [2.45, 2.75) is 13.0 Å². The van der Waals surface area contributed by atoms with Gasteiger partial charge in [0.1, 0.15) is 22.7 Å². The van der Waals surface area contributed by atoms with Gasteiger partial charge in [0, 0.05) is 16.4 Å². The first kappa shape index (κ1) is 16.1. The second-order valence-electron chi connectivity index (χ2n) is 5.75. The lowest BCUT2D eigenvalue weighted by atomic mass is 10.1. The van der Waals surface area contributed by atoms with Crippen molar-refractivity contribution in [3.8, 4) is 5.75 Å². The van der Waals surface area contributed by atoms with Crippen LogP contribution in [-0.4, -0.2) is 33.9 Å². The smallest absolute Gasteiger partial charge is 0.260 e. The van der Waals surface area contributed by atoms with Crippen LogP contribution < -0.4 is 10.5 Å². The number of carbonyl (C=O) groups is 1. The molecule has 2 aromatic heterocycles. The molecule has 25 heavy (non-hydrogen) atoms. The molecule has 1 aromatic carbocycles. The van der Waals surface area contributed by atoms with Crippen LogP contribution in [-0.2, 0) is 17.8 Å². The lowest BCUT2D eigenvalue weighted by Crippen LogP contribution is -2.38. The van der Waals surface area contributed by atoms with E-state index in [-0.39, 0.29) is 12.5 Å². The van der Waals surface area contributed by atoms with E-state index in [9.17, 15) is 4.79 Å². The van der Waals surface area contributed by atoms with Crippen molar-refractivity contribution >= 4 is 44.9 Å². The molecule has 0 spiro atoms. The average molecular weight is 375 g/mol. The molecule has 1 aliphatic rings. The van der Waals surface area contributed by atoms with Gasteiger partial charge in [0.25, 0.3) is 5.91 Å². The van der Waals surface area contributed by atoms with E-state index in [1.165, 1.54) is 6.33 Å². The van der Waals surface area contributed by atoms with Crippen LogP contribution in [0.1, 0.15) is 10.4 Å². The summed E-state index contributed by atoms with van der Waals surface area (Å²) in [5.41, 5.74) is 7.15. The number of ether oxygens (including phenoxy) is 1. The van der Waals surface area contributed by atoms with Crippen LogP contribution in [0.25, 0.3) is 10.2 Å². The molecule has 0 saturated heterocycles. The van der Waals surface area contributed by atoms with Crippen LogP contribution in [0.2, 0.25) is 5.02 Å². The molecule has 0 saturated carbocycles. The number of thiophene rings is 1. The number of nitrogen functional groups attached to an aromatic ring is 1. The number of nitrogens with zero attached hydrogens (tertiary/aromatic N) is 3. The third kappa shape index (κ3) is 3.12. The highest BCUT2D eigenvalue weighted by Crippen LogP contribution is 2.36. The second kappa shape index (κ2) is 6.50. The first-order valence-electron chi connectivity index (χ1n) is 7.78. The van der Waals surface area contributed by atoms with Crippen LogP contribution in [0.5, 0.6) is 5.75 Å². The first-order chi connectivity index (χ1) is 12.1. The van der Waals surface area contributed by atoms with Crippen LogP contribution in [0.4, 0.5) is 5.82 Å². The van der Waals surface area contributed by atoms with Crippen LogP contribution in [0.15, 0.2) is 30.6 Å². The minimum absolute atomic E-state index is 0.0114. The Hall–Kier alpha value is -2.38. The van der Waals surface area contributed by atoms with E-state index in [0.29, 0.717) is 29.7 Å². The van der Waals surface area contributed by atoms with E-state index < -0.39 is 0 Å². The second-order valence-corrected chi connectivity index (χ2v) is 7.27. The maximum atomic E-state index is 12.5. The Bertz CT molecular complexity index is 959. The molecule has 1 aliphatic heterocycles. The predicted molar refractivity (Wildman–Crippen MR) is 97.9 cm³/mol. The highest BCUT2D eigenvalue weighted by Gasteiger charge is 2.26. The first-order valence-corrected chi connectivity index (χ1v) is 8.98. The number of benzene rings is 1. The van der Waals surface area contributed by atoms with Gasteiger partial charge in [0.05, 0.1) is 11.9 Å². The molecular weight excluding hydrogens is 360 g/mol. The number of aromatic nitrogens is 2. The molecule has 0 atom stereocenters. The van der Waals surface area contributed by atoms with Gasteiger partial charge in [-0.3, -0.25) is 4.79 Å². The fraction of sp³-hybridized carbons (Fsp3) is 0.235. The van der Waals surface area contributed by atoms with Crippen molar-refractivity contribution in [1.29, 1.82) is 0 Å². The highest BCUT2D eigenvalue weighted by molar-refractivity contribution is 7.19. The lowest BCUT2D eigenvalue weighted by molar-refractivity contribution is -0.134. The van der Waals surface area contributed by atoms with E-state index in [2.05, 4.69) is 9.97 Å². The molecular formula is C17H15ClN4O2S. The minimum Gasteiger partial charge on any atom is -0.484 e. The quantitative estimate of drug-likeness (QED) is 0.762. The molecule has 3 aromatic rings. The zero-order valence-electron chi connectivity index (χ0n) is 13.2. The summed E-state index contributed by atoms with van der Waals surface area (Å²) < 4.78 is 5.55. The molecule has 2 N–H and O–H groups in total. The van der Waals surface area contributed by atoms with E-state index in [0.717, 1.165) is 27.1 Å². The summed E-state index contributed by atoms with van der Waals surface area (Å²) in [4.78, 5) is 24.6. The normalized spacial score (nSPS) is 13.7. The zero-order valence-corrected chi connectivity index (χ0v) is 14.8. The van der Waals surface area contributed by atoms with Gasteiger partial charge in [-0.2, -0.15) is 0 Å². The van der Waals surface area contributed by atoms with E-state index in [1.807, 2.05) is 0 Å². The lowest BCUT2D eigenvalue weighted by Gasteiger charge is -2.27. The summed E-state index contributed by atoms with van der Waals surface area (Å²) in [6.07, 6.45) is 2.22. The maximum Gasteiger partial charge on any atom is 0.260 e. The Balaban J connectivity index is 1.47. The molecule has 8 heteroatoms. The third-order valence-corrected chi connectivity index (χ3v) is 5.54. The monoisotopic (exact) mass is 374 g/mol. The minimum atomic E-state index is -0.0536. The van der Waals surface area contributed by atoms with Gasteiger partial charge in [-0.25, -0.2) is 9.97 Å². The number of halogens is 1. The topological polar surface area (TPSA) is 81.3 Å². The molecule has 128 valence electrons. The summed E-state index contributed by atoms with van der Waals surface area (Å²) in [6, 6.07) is 7.02. The van der Waals surface area contributed by atoms with Gasteiger partial charge in [-0.15, -0.1) is 11.3 Å². The average Bonchev–Trinajstić information content (AvgIpc) is 2.98. The van der Waals surface area contributed by atoms with Crippen molar-refractivity contribution in [1.82, 2.24) is 14.9 Å². The van der Waals surface area contributed by atoms with Gasteiger partial charge in [0.15, 0.2) is 6.61 Å². The molecule has 4 rings (SSSR count). The third-order valence-electron chi connectivity index (χ3n) is 4.18. The summed E-state index contributed by atoms with van der Waals surface area (Å²) in [6.45, 7) is 1.17. The fourth-order valence-corrected chi connectivity index (χ4v) is 4.35. The summed E-state index contributed by atoms with van der Waals surface area (Å²) in [5, 5.41) is 1.52. The van der Waals surface area contributed by atoms with Crippen LogP contribution >= 0.6 is 22.9 Å². The molecule has 0 unspecified atom stereocenters. The van der Waals surface area contributed by atoms with E-state index >= 15 is 0 Å². The standard InChI is InChI=1S/C17H15ClN4O2S/c18-10-2-1-3-11(6-10)24-8-14(23)22-5-4-12-13(7-22)25-17-15(12)16(19)20-9-21-17/h1-3,6,9H,4-5,7-8H2,(H2,19,20,21). The molecule has 0 fully saturated rings. The number of nitrogens with two attached hydrogens (primary N) is 1. The van der Waals surface area contributed by atoms with Crippen LogP contribution in [0.3, 0.4) is 0 Å². The van der Waals surface area contributed by atoms with Crippen molar-refractivity contribution in [2.75, 3.05) is 18.9 Å². The number of amides is 1. The van der Waals surface area contributed by atoms with Crippen molar-refractivity contribution < 1.29 is 9.53 Å². The Morgan fingerprint density at radius 2 is 2.28 bits per heavy atom. The number of anilines is 1. The molecule has 0 aliphatic carbocycles. The molecule has 1 amide bonds.